The minimum atomic E-state index is -0.387. The molecule has 4 nitrogen and oxygen atoms in total. The molecule has 2 aromatic carbocycles. The van der Waals surface area contributed by atoms with E-state index in [0.29, 0.717) is 23.4 Å². The number of nitrogens with one attached hydrogen (secondary N) is 1. The highest BCUT2D eigenvalue weighted by molar-refractivity contribution is 9.10. The Morgan fingerprint density at radius 2 is 1.82 bits per heavy atom. The average Bonchev–Trinajstić information content (AvgIpc) is 2.53. The fraction of sp³-hybridized carbons (Fsp3) is 0.176. The molecule has 0 saturated heterocycles. The molecule has 0 fully saturated rings. The monoisotopic (exact) mass is 361 g/mol. The van der Waals surface area contributed by atoms with Crippen molar-refractivity contribution in [3.8, 4) is 0 Å². The summed E-state index contributed by atoms with van der Waals surface area (Å²) in [5.41, 5.74) is 1.52. The van der Waals surface area contributed by atoms with Crippen LogP contribution in [-0.4, -0.2) is 18.5 Å². The van der Waals surface area contributed by atoms with Gasteiger partial charge in [0.2, 0.25) is 0 Å². The predicted molar refractivity (Wildman–Crippen MR) is 89.1 cm³/mol. The van der Waals surface area contributed by atoms with E-state index in [4.69, 9.17) is 4.74 Å². The van der Waals surface area contributed by atoms with Crippen LogP contribution in [0.25, 0.3) is 0 Å². The molecule has 22 heavy (non-hydrogen) atoms. The molecule has 0 atom stereocenters. The number of esters is 1. The van der Waals surface area contributed by atoms with Crippen LogP contribution in [0.1, 0.15) is 34.1 Å². The van der Waals surface area contributed by atoms with Gasteiger partial charge in [0.1, 0.15) is 0 Å². The van der Waals surface area contributed by atoms with Crippen LogP contribution in [0.3, 0.4) is 0 Å². The number of benzene rings is 2. The van der Waals surface area contributed by atoms with Gasteiger partial charge in [-0.2, -0.15) is 0 Å². The molecule has 2 rings (SSSR count). The molecule has 1 N–H and O–H groups in total. The molecule has 1 amide bonds. The highest BCUT2D eigenvalue weighted by Crippen LogP contribution is 2.15. The number of ether oxygens (including phenoxy) is 1. The average molecular weight is 362 g/mol. The van der Waals surface area contributed by atoms with Gasteiger partial charge in [0, 0.05) is 15.7 Å². The third-order valence-electron chi connectivity index (χ3n) is 2.90. The SMILES string of the molecule is CCCOC(=O)c1cccc(NC(=O)c2ccc(Br)cc2)c1. The van der Waals surface area contributed by atoms with Crippen molar-refractivity contribution in [1.29, 1.82) is 0 Å². The Morgan fingerprint density at radius 3 is 2.50 bits per heavy atom. The van der Waals surface area contributed by atoms with Crippen LogP contribution in [0, 0.1) is 0 Å². The van der Waals surface area contributed by atoms with Crippen molar-refractivity contribution >= 4 is 33.5 Å². The van der Waals surface area contributed by atoms with E-state index in [1.807, 2.05) is 6.92 Å². The highest BCUT2D eigenvalue weighted by Gasteiger charge is 2.10. The number of halogens is 1. The second-order valence-electron chi connectivity index (χ2n) is 4.68. The zero-order valence-corrected chi connectivity index (χ0v) is 13.7. The summed E-state index contributed by atoms with van der Waals surface area (Å²) >= 11 is 3.32. The highest BCUT2D eigenvalue weighted by atomic mass is 79.9. The normalized spacial score (nSPS) is 10.1. The van der Waals surface area contributed by atoms with Crippen LogP contribution in [0.15, 0.2) is 53.0 Å². The standard InChI is InChI=1S/C17H16BrNO3/c1-2-10-22-17(21)13-4-3-5-15(11-13)19-16(20)12-6-8-14(18)9-7-12/h3-9,11H,2,10H2,1H3,(H,19,20). The van der Waals surface area contributed by atoms with Crippen LogP contribution >= 0.6 is 15.9 Å². The third-order valence-corrected chi connectivity index (χ3v) is 3.43. The quantitative estimate of drug-likeness (QED) is 0.809. The summed E-state index contributed by atoms with van der Waals surface area (Å²) in [6.45, 7) is 2.32. The summed E-state index contributed by atoms with van der Waals surface area (Å²) in [5.74, 6) is -0.617. The second-order valence-corrected chi connectivity index (χ2v) is 5.59. The fourth-order valence-corrected chi connectivity index (χ4v) is 2.07. The maximum atomic E-state index is 12.1. The number of hydrogen-bond acceptors (Lipinski definition) is 3. The third kappa shape index (κ3) is 4.43. The van der Waals surface area contributed by atoms with Crippen molar-refractivity contribution in [3.63, 3.8) is 0 Å². The molecule has 0 aliphatic rings. The van der Waals surface area contributed by atoms with Crippen molar-refractivity contribution in [2.75, 3.05) is 11.9 Å². The van der Waals surface area contributed by atoms with E-state index in [-0.39, 0.29) is 11.9 Å². The van der Waals surface area contributed by atoms with Gasteiger partial charge < -0.3 is 10.1 Å². The van der Waals surface area contributed by atoms with Gasteiger partial charge in [0.05, 0.1) is 12.2 Å². The van der Waals surface area contributed by atoms with Crippen molar-refractivity contribution in [3.05, 3.63) is 64.1 Å². The molecule has 0 saturated carbocycles. The Bertz CT molecular complexity index is 668. The van der Waals surface area contributed by atoms with Gasteiger partial charge in [-0.15, -0.1) is 0 Å². The van der Waals surface area contributed by atoms with E-state index in [0.717, 1.165) is 10.9 Å². The first-order valence-corrected chi connectivity index (χ1v) is 7.73. The zero-order valence-electron chi connectivity index (χ0n) is 12.1. The first-order valence-electron chi connectivity index (χ1n) is 6.94. The van der Waals surface area contributed by atoms with Crippen molar-refractivity contribution in [1.82, 2.24) is 0 Å². The lowest BCUT2D eigenvalue weighted by Gasteiger charge is -2.08. The molecular weight excluding hydrogens is 346 g/mol. The Hall–Kier alpha value is -2.14. The largest absolute Gasteiger partial charge is 0.462 e. The summed E-state index contributed by atoms with van der Waals surface area (Å²) in [5, 5.41) is 2.77. The van der Waals surface area contributed by atoms with Crippen LogP contribution in [-0.2, 0) is 4.74 Å². The summed E-state index contributed by atoms with van der Waals surface area (Å²) in [6, 6.07) is 13.7. The molecule has 0 aromatic heterocycles. The van der Waals surface area contributed by atoms with Gasteiger partial charge in [0.15, 0.2) is 0 Å². The molecule has 0 aliphatic heterocycles. The molecule has 0 radical (unpaired) electrons. The number of hydrogen-bond donors (Lipinski definition) is 1. The first-order chi connectivity index (χ1) is 10.6. The number of carbonyl (C=O) groups excluding carboxylic acids is 2. The molecule has 0 unspecified atom stereocenters. The van der Waals surface area contributed by atoms with Crippen LogP contribution < -0.4 is 5.32 Å². The molecule has 0 heterocycles. The number of rotatable bonds is 5. The Kier molecular flexibility index (Phi) is 5.72. The Labute approximate surface area is 137 Å². The van der Waals surface area contributed by atoms with Gasteiger partial charge in [-0.05, 0) is 48.9 Å². The molecule has 2 aromatic rings. The topological polar surface area (TPSA) is 55.4 Å². The van der Waals surface area contributed by atoms with Crippen molar-refractivity contribution in [2.24, 2.45) is 0 Å². The van der Waals surface area contributed by atoms with E-state index in [2.05, 4.69) is 21.2 Å². The molecular formula is C17H16BrNO3. The lowest BCUT2D eigenvalue weighted by Crippen LogP contribution is -2.12. The summed E-state index contributed by atoms with van der Waals surface area (Å²) in [6.07, 6.45) is 0.770. The Balaban J connectivity index is 2.08. The van der Waals surface area contributed by atoms with E-state index in [1.165, 1.54) is 0 Å². The minimum absolute atomic E-state index is 0.230. The maximum Gasteiger partial charge on any atom is 0.338 e. The van der Waals surface area contributed by atoms with Crippen molar-refractivity contribution in [2.45, 2.75) is 13.3 Å². The molecule has 5 heteroatoms. The number of carbonyl (C=O) groups is 2. The van der Waals surface area contributed by atoms with E-state index < -0.39 is 0 Å². The van der Waals surface area contributed by atoms with Crippen LogP contribution in [0.5, 0.6) is 0 Å². The predicted octanol–water partition coefficient (Wildman–Crippen LogP) is 4.27. The van der Waals surface area contributed by atoms with E-state index in [1.54, 1.807) is 48.5 Å². The molecule has 114 valence electrons. The van der Waals surface area contributed by atoms with E-state index in [9.17, 15) is 9.59 Å². The van der Waals surface area contributed by atoms with Gasteiger partial charge >= 0.3 is 5.97 Å². The number of anilines is 1. The summed E-state index contributed by atoms with van der Waals surface area (Å²) < 4.78 is 5.99. The summed E-state index contributed by atoms with van der Waals surface area (Å²) in [4.78, 5) is 23.9. The fourth-order valence-electron chi connectivity index (χ4n) is 1.81. The molecule has 0 bridgehead atoms. The van der Waals surface area contributed by atoms with Gasteiger partial charge in [-0.25, -0.2) is 4.79 Å². The molecule has 0 aliphatic carbocycles. The van der Waals surface area contributed by atoms with Crippen LogP contribution in [0.4, 0.5) is 5.69 Å². The zero-order chi connectivity index (χ0) is 15.9. The van der Waals surface area contributed by atoms with Crippen LogP contribution in [0.2, 0.25) is 0 Å². The first kappa shape index (κ1) is 16.2. The lowest BCUT2D eigenvalue weighted by atomic mass is 10.1. The van der Waals surface area contributed by atoms with Gasteiger partial charge in [-0.3, -0.25) is 4.79 Å². The lowest BCUT2D eigenvalue weighted by molar-refractivity contribution is 0.0505. The number of amides is 1. The van der Waals surface area contributed by atoms with E-state index >= 15 is 0 Å². The Morgan fingerprint density at radius 1 is 1.09 bits per heavy atom. The summed E-state index contributed by atoms with van der Waals surface area (Å²) in [7, 11) is 0. The second kappa shape index (κ2) is 7.75. The smallest absolute Gasteiger partial charge is 0.338 e. The molecule has 0 spiro atoms. The maximum absolute atomic E-state index is 12.1. The van der Waals surface area contributed by atoms with Gasteiger partial charge in [-0.1, -0.05) is 28.9 Å². The van der Waals surface area contributed by atoms with Crippen molar-refractivity contribution < 1.29 is 14.3 Å². The van der Waals surface area contributed by atoms with Gasteiger partial charge in [0.25, 0.3) is 5.91 Å². The minimum Gasteiger partial charge on any atom is -0.462 e.